The van der Waals surface area contributed by atoms with Crippen LogP contribution in [0.5, 0.6) is 0 Å². The molecule has 0 saturated carbocycles. The Labute approximate surface area is 104 Å². The van der Waals surface area contributed by atoms with Gasteiger partial charge in [-0.3, -0.25) is 0 Å². The third-order valence-electron chi connectivity index (χ3n) is 2.80. The van der Waals surface area contributed by atoms with Crippen molar-refractivity contribution in [3.63, 3.8) is 0 Å². The largest absolute Gasteiger partial charge is 0.376 e. The van der Waals surface area contributed by atoms with Crippen LogP contribution in [0, 0.1) is 0 Å². The van der Waals surface area contributed by atoms with Gasteiger partial charge in [0.15, 0.2) is 5.11 Å². The fraction of sp³-hybridized carbons (Fsp3) is 0. The number of benzene rings is 2. The van der Waals surface area contributed by atoms with Gasteiger partial charge in [-0.2, -0.15) is 0 Å². The lowest BCUT2D eigenvalue weighted by Gasteiger charge is -2.04. The van der Waals surface area contributed by atoms with Gasteiger partial charge in [0, 0.05) is 16.3 Å². The summed E-state index contributed by atoms with van der Waals surface area (Å²) in [5.74, 6) is 0. The van der Waals surface area contributed by atoms with E-state index in [1.54, 1.807) is 0 Å². The molecule has 0 aliphatic heterocycles. The molecule has 17 heavy (non-hydrogen) atoms. The number of nitrogens with one attached hydrogen (secondary N) is 2. The van der Waals surface area contributed by atoms with Crippen molar-refractivity contribution in [2.45, 2.75) is 0 Å². The molecule has 0 fully saturated rings. The summed E-state index contributed by atoms with van der Waals surface area (Å²) in [4.78, 5) is 3.37. The standard InChI is InChI=1S/C13H11N3S/c14-13(17)16-11-7-3-5-9-8-4-1-2-6-10(8)15-12(9)11/h1-7,15H,(H3,14,16,17). The Morgan fingerprint density at radius 1 is 1.06 bits per heavy atom. The van der Waals surface area contributed by atoms with E-state index in [1.165, 1.54) is 10.8 Å². The first-order chi connectivity index (χ1) is 8.25. The number of hydrogen-bond donors (Lipinski definition) is 3. The molecule has 3 aromatic rings. The Kier molecular flexibility index (Phi) is 2.23. The van der Waals surface area contributed by atoms with E-state index in [-0.39, 0.29) is 5.11 Å². The molecule has 0 aliphatic rings. The van der Waals surface area contributed by atoms with Crippen molar-refractivity contribution in [1.29, 1.82) is 0 Å². The maximum Gasteiger partial charge on any atom is 0.168 e. The average molecular weight is 241 g/mol. The lowest BCUT2D eigenvalue weighted by Crippen LogP contribution is -2.18. The zero-order valence-corrected chi connectivity index (χ0v) is 9.84. The van der Waals surface area contributed by atoms with E-state index in [0.29, 0.717) is 0 Å². The molecule has 1 heterocycles. The monoisotopic (exact) mass is 241 g/mol. The first-order valence-electron chi connectivity index (χ1n) is 5.31. The molecular weight excluding hydrogens is 230 g/mol. The second-order valence-electron chi connectivity index (χ2n) is 3.89. The van der Waals surface area contributed by atoms with Gasteiger partial charge in [-0.25, -0.2) is 0 Å². The molecule has 0 aliphatic carbocycles. The molecule has 3 nitrogen and oxygen atoms in total. The second-order valence-corrected chi connectivity index (χ2v) is 4.33. The average Bonchev–Trinajstić information content (AvgIpc) is 2.68. The summed E-state index contributed by atoms with van der Waals surface area (Å²) in [5, 5.41) is 5.63. The number of fused-ring (bicyclic) bond motifs is 3. The quantitative estimate of drug-likeness (QED) is 0.574. The van der Waals surface area contributed by atoms with Gasteiger partial charge in [0.1, 0.15) is 0 Å². The molecule has 84 valence electrons. The summed E-state index contributed by atoms with van der Waals surface area (Å²) < 4.78 is 0. The number of thiocarbonyl (C=S) groups is 1. The molecule has 0 saturated heterocycles. The van der Waals surface area contributed by atoms with Crippen LogP contribution in [0.3, 0.4) is 0 Å². The summed E-state index contributed by atoms with van der Waals surface area (Å²) in [6, 6.07) is 14.2. The van der Waals surface area contributed by atoms with E-state index in [2.05, 4.69) is 28.5 Å². The van der Waals surface area contributed by atoms with Crippen LogP contribution >= 0.6 is 12.2 Å². The van der Waals surface area contributed by atoms with Gasteiger partial charge in [0.25, 0.3) is 0 Å². The number of anilines is 1. The Morgan fingerprint density at radius 2 is 1.82 bits per heavy atom. The first kappa shape index (κ1) is 10.1. The molecule has 4 N–H and O–H groups in total. The van der Waals surface area contributed by atoms with Crippen LogP contribution < -0.4 is 11.1 Å². The Morgan fingerprint density at radius 3 is 2.65 bits per heavy atom. The third kappa shape index (κ3) is 1.62. The predicted octanol–water partition coefficient (Wildman–Crippen LogP) is 2.98. The van der Waals surface area contributed by atoms with Gasteiger partial charge in [-0.15, -0.1) is 0 Å². The normalized spacial score (nSPS) is 10.8. The lowest BCUT2D eigenvalue weighted by atomic mass is 10.1. The molecule has 4 heteroatoms. The molecule has 0 bridgehead atoms. The highest BCUT2D eigenvalue weighted by Gasteiger charge is 2.07. The summed E-state index contributed by atoms with van der Waals surface area (Å²) in [7, 11) is 0. The fourth-order valence-corrected chi connectivity index (χ4v) is 2.22. The molecule has 3 rings (SSSR count). The molecule has 1 aromatic heterocycles. The summed E-state index contributed by atoms with van der Waals surface area (Å²) in [6.45, 7) is 0. The molecule has 0 spiro atoms. The Bertz CT molecular complexity index is 715. The maximum atomic E-state index is 5.52. The predicted molar refractivity (Wildman–Crippen MR) is 76.2 cm³/mol. The van der Waals surface area contributed by atoms with E-state index >= 15 is 0 Å². The number of aromatic nitrogens is 1. The van der Waals surface area contributed by atoms with Crippen LogP contribution in [0.25, 0.3) is 21.8 Å². The highest BCUT2D eigenvalue weighted by atomic mass is 32.1. The zero-order valence-electron chi connectivity index (χ0n) is 9.03. The molecule has 0 radical (unpaired) electrons. The van der Waals surface area contributed by atoms with Crippen LogP contribution in [0.2, 0.25) is 0 Å². The van der Waals surface area contributed by atoms with Crippen molar-refractivity contribution in [3.8, 4) is 0 Å². The number of rotatable bonds is 1. The van der Waals surface area contributed by atoms with E-state index in [9.17, 15) is 0 Å². The fourth-order valence-electron chi connectivity index (χ4n) is 2.11. The number of para-hydroxylation sites is 2. The minimum Gasteiger partial charge on any atom is -0.376 e. The van der Waals surface area contributed by atoms with Crippen molar-refractivity contribution < 1.29 is 0 Å². The third-order valence-corrected chi connectivity index (χ3v) is 2.90. The van der Waals surface area contributed by atoms with E-state index in [1.807, 2.05) is 24.3 Å². The minimum atomic E-state index is 0.274. The highest BCUT2D eigenvalue weighted by molar-refractivity contribution is 7.80. The number of hydrogen-bond acceptors (Lipinski definition) is 1. The summed E-state index contributed by atoms with van der Waals surface area (Å²) in [5.41, 5.74) is 8.56. The Hall–Kier alpha value is -2.07. The van der Waals surface area contributed by atoms with Crippen LogP contribution in [0.1, 0.15) is 0 Å². The van der Waals surface area contributed by atoms with Gasteiger partial charge in [-0.1, -0.05) is 30.3 Å². The SMILES string of the molecule is NC(=S)Nc1cccc2c1[nH]c1ccccc12. The van der Waals surface area contributed by atoms with Crippen LogP contribution in [0.15, 0.2) is 42.5 Å². The van der Waals surface area contributed by atoms with E-state index < -0.39 is 0 Å². The summed E-state index contributed by atoms with van der Waals surface area (Å²) >= 11 is 4.87. The van der Waals surface area contributed by atoms with Gasteiger partial charge in [0.2, 0.25) is 0 Å². The first-order valence-corrected chi connectivity index (χ1v) is 5.72. The summed E-state index contributed by atoms with van der Waals surface area (Å²) in [6.07, 6.45) is 0. The highest BCUT2D eigenvalue weighted by Crippen LogP contribution is 2.29. The van der Waals surface area contributed by atoms with Crippen LogP contribution in [-0.4, -0.2) is 10.1 Å². The number of nitrogens with two attached hydrogens (primary N) is 1. The maximum absolute atomic E-state index is 5.52. The van der Waals surface area contributed by atoms with Gasteiger partial charge >= 0.3 is 0 Å². The molecular formula is C13H11N3S. The van der Waals surface area contributed by atoms with Crippen molar-refractivity contribution in [1.82, 2.24) is 4.98 Å². The van der Waals surface area contributed by atoms with Gasteiger partial charge in [0.05, 0.1) is 11.2 Å². The van der Waals surface area contributed by atoms with Crippen LogP contribution in [-0.2, 0) is 0 Å². The molecule has 2 aromatic carbocycles. The molecule has 0 amide bonds. The van der Waals surface area contributed by atoms with E-state index in [4.69, 9.17) is 18.0 Å². The van der Waals surface area contributed by atoms with Gasteiger partial charge < -0.3 is 16.0 Å². The smallest absolute Gasteiger partial charge is 0.168 e. The second kappa shape index (κ2) is 3.75. The van der Waals surface area contributed by atoms with Crippen molar-refractivity contribution in [2.75, 3.05) is 5.32 Å². The van der Waals surface area contributed by atoms with Crippen molar-refractivity contribution in [3.05, 3.63) is 42.5 Å². The van der Waals surface area contributed by atoms with Crippen LogP contribution in [0.4, 0.5) is 5.69 Å². The minimum absolute atomic E-state index is 0.274. The van der Waals surface area contributed by atoms with Gasteiger partial charge in [-0.05, 0) is 24.4 Å². The Balaban J connectivity index is 2.35. The molecule has 0 atom stereocenters. The lowest BCUT2D eigenvalue weighted by molar-refractivity contribution is 1.53. The topological polar surface area (TPSA) is 53.8 Å². The van der Waals surface area contributed by atoms with Crippen molar-refractivity contribution in [2.24, 2.45) is 5.73 Å². The van der Waals surface area contributed by atoms with Crippen molar-refractivity contribution >= 4 is 44.8 Å². The number of H-pyrrole nitrogens is 1. The molecule has 0 unspecified atom stereocenters. The zero-order chi connectivity index (χ0) is 11.8. The number of aromatic amines is 1. The van der Waals surface area contributed by atoms with E-state index in [0.717, 1.165) is 16.7 Å².